The molecule has 0 aliphatic heterocycles. The summed E-state index contributed by atoms with van der Waals surface area (Å²) >= 11 is 0. The first-order valence-electron chi connectivity index (χ1n) is 9.07. The van der Waals surface area contributed by atoms with Gasteiger partial charge in [-0.3, -0.25) is 9.59 Å². The maximum Gasteiger partial charge on any atom is 0.311 e. The van der Waals surface area contributed by atoms with E-state index < -0.39 is 29.1 Å². The Balaban J connectivity index is 1.92. The molecule has 0 aromatic heterocycles. The first kappa shape index (κ1) is 19.4. The van der Waals surface area contributed by atoms with Crippen molar-refractivity contribution in [2.24, 2.45) is 11.3 Å². The Kier molecular flexibility index (Phi) is 5.36. The number of nitrogens with one attached hydrogen (secondary N) is 1. The fourth-order valence-electron chi connectivity index (χ4n) is 3.55. The number of carbonyl (C=O) groups excluding carboxylic acids is 2. The first-order chi connectivity index (χ1) is 13.5. The summed E-state index contributed by atoms with van der Waals surface area (Å²) in [7, 11) is 1.55. The van der Waals surface area contributed by atoms with Gasteiger partial charge in [0.05, 0.1) is 25.7 Å². The van der Waals surface area contributed by atoms with Crippen LogP contribution in [-0.2, 0) is 14.3 Å². The van der Waals surface area contributed by atoms with Crippen molar-refractivity contribution in [2.45, 2.75) is 19.8 Å². The lowest BCUT2D eigenvalue weighted by Gasteiger charge is -2.11. The van der Waals surface area contributed by atoms with Gasteiger partial charge in [-0.25, -0.2) is 0 Å². The van der Waals surface area contributed by atoms with Gasteiger partial charge in [-0.1, -0.05) is 29.8 Å². The Labute approximate surface area is 164 Å². The van der Waals surface area contributed by atoms with Gasteiger partial charge in [-0.15, -0.1) is 0 Å². The van der Waals surface area contributed by atoms with Crippen molar-refractivity contribution in [3.8, 4) is 11.8 Å². The topological polar surface area (TPSA) is 88.4 Å². The molecular formula is C22H22N2O4. The third-order valence-electron chi connectivity index (χ3n) is 5.09. The third-order valence-corrected chi connectivity index (χ3v) is 5.09. The van der Waals surface area contributed by atoms with Crippen LogP contribution in [0.25, 0.3) is 0 Å². The minimum atomic E-state index is -1.50. The van der Waals surface area contributed by atoms with Gasteiger partial charge >= 0.3 is 5.97 Å². The zero-order chi connectivity index (χ0) is 20.3. The average Bonchev–Trinajstić information content (AvgIpc) is 3.40. The molecule has 0 spiro atoms. The van der Waals surface area contributed by atoms with Crippen LogP contribution in [-0.4, -0.2) is 25.6 Å². The highest BCUT2D eigenvalue weighted by molar-refractivity contribution is 6.06. The molecule has 6 heteroatoms. The molecular weight excluding hydrogens is 356 g/mol. The summed E-state index contributed by atoms with van der Waals surface area (Å²) in [5.74, 6) is -1.77. The zero-order valence-corrected chi connectivity index (χ0v) is 16.1. The highest BCUT2D eigenvalue weighted by Crippen LogP contribution is 2.65. The molecule has 144 valence electrons. The molecule has 0 bridgehead atoms. The van der Waals surface area contributed by atoms with E-state index in [0.717, 1.165) is 11.1 Å². The average molecular weight is 378 g/mol. The van der Waals surface area contributed by atoms with Gasteiger partial charge in [0.2, 0.25) is 5.91 Å². The predicted molar refractivity (Wildman–Crippen MR) is 104 cm³/mol. The van der Waals surface area contributed by atoms with Crippen LogP contribution in [0.15, 0.2) is 48.5 Å². The predicted octanol–water partition coefficient (Wildman–Crippen LogP) is 3.43. The van der Waals surface area contributed by atoms with E-state index in [4.69, 9.17) is 9.47 Å². The number of nitriles is 1. The van der Waals surface area contributed by atoms with Crippen molar-refractivity contribution in [1.82, 2.24) is 0 Å². The smallest absolute Gasteiger partial charge is 0.311 e. The normalized spacial score (nSPS) is 22.6. The van der Waals surface area contributed by atoms with Crippen molar-refractivity contribution < 1.29 is 19.1 Å². The summed E-state index contributed by atoms with van der Waals surface area (Å²) in [5, 5.41) is 12.7. The quantitative estimate of drug-likeness (QED) is 0.778. The molecule has 6 nitrogen and oxygen atoms in total. The van der Waals surface area contributed by atoms with Gasteiger partial charge in [-0.2, -0.15) is 5.26 Å². The first-order valence-corrected chi connectivity index (χ1v) is 9.07. The number of nitrogens with zero attached hydrogens (tertiary/aromatic N) is 1. The van der Waals surface area contributed by atoms with E-state index in [1.807, 2.05) is 31.2 Å². The second-order valence-corrected chi connectivity index (χ2v) is 6.78. The van der Waals surface area contributed by atoms with Gasteiger partial charge in [0.25, 0.3) is 0 Å². The standard InChI is InChI=1S/C22H22N2O4/c1-4-28-20(25)19-18(15-7-5-14(2)6-8-15)22(19,13-23)21(26)24-16-9-11-17(27-3)12-10-16/h5-12,18-19H,4H2,1-3H3,(H,24,26)/t18-,19-,22+/m1/s1. The molecule has 0 unspecified atom stereocenters. The molecule has 2 aromatic rings. The van der Waals surface area contributed by atoms with Crippen LogP contribution in [0.4, 0.5) is 5.69 Å². The molecule has 1 N–H and O–H groups in total. The van der Waals surface area contributed by atoms with Crippen LogP contribution in [0.1, 0.15) is 24.0 Å². The van der Waals surface area contributed by atoms with Crippen LogP contribution >= 0.6 is 0 Å². The molecule has 1 aliphatic carbocycles. The van der Waals surface area contributed by atoms with Crippen LogP contribution in [0.5, 0.6) is 5.75 Å². The van der Waals surface area contributed by atoms with E-state index in [0.29, 0.717) is 11.4 Å². The molecule has 28 heavy (non-hydrogen) atoms. The molecule has 1 fully saturated rings. The highest BCUT2D eigenvalue weighted by Gasteiger charge is 2.75. The van der Waals surface area contributed by atoms with E-state index in [-0.39, 0.29) is 6.61 Å². The summed E-state index contributed by atoms with van der Waals surface area (Å²) < 4.78 is 10.3. The number of methoxy groups -OCH3 is 1. The SMILES string of the molecule is CCOC(=O)[C@H]1[C@@H](c2ccc(C)cc2)[C@]1(C#N)C(=O)Nc1ccc(OC)cc1. The number of ether oxygens (including phenoxy) is 2. The minimum absolute atomic E-state index is 0.192. The molecule has 0 heterocycles. The lowest BCUT2D eigenvalue weighted by molar-refractivity contribution is -0.146. The molecule has 1 amide bonds. The molecule has 1 saturated carbocycles. The van der Waals surface area contributed by atoms with Gasteiger partial charge in [0, 0.05) is 11.6 Å². The van der Waals surface area contributed by atoms with Gasteiger partial charge in [-0.05, 0) is 43.7 Å². The molecule has 0 saturated heterocycles. The van der Waals surface area contributed by atoms with E-state index in [1.54, 1.807) is 38.3 Å². The molecule has 3 atom stereocenters. The van der Waals surface area contributed by atoms with Gasteiger partial charge in [0.1, 0.15) is 5.75 Å². The van der Waals surface area contributed by atoms with Crippen molar-refractivity contribution in [2.75, 3.05) is 19.0 Å². The number of rotatable bonds is 6. The van der Waals surface area contributed by atoms with E-state index in [1.165, 1.54) is 0 Å². The molecule has 0 radical (unpaired) electrons. The monoisotopic (exact) mass is 378 g/mol. The summed E-state index contributed by atoms with van der Waals surface area (Å²) in [5.41, 5.74) is 0.858. The lowest BCUT2D eigenvalue weighted by atomic mass is 9.98. The Morgan fingerprint density at radius 2 is 1.79 bits per heavy atom. The van der Waals surface area contributed by atoms with Gasteiger partial charge < -0.3 is 14.8 Å². The Morgan fingerprint density at radius 3 is 2.32 bits per heavy atom. The van der Waals surface area contributed by atoms with Crippen molar-refractivity contribution >= 4 is 17.6 Å². The lowest BCUT2D eigenvalue weighted by Crippen LogP contribution is -2.28. The number of carbonyl (C=O) groups is 2. The number of benzene rings is 2. The van der Waals surface area contributed by atoms with Crippen molar-refractivity contribution in [3.05, 3.63) is 59.7 Å². The molecule has 1 aliphatic rings. The minimum Gasteiger partial charge on any atom is -0.497 e. The summed E-state index contributed by atoms with van der Waals surface area (Å²) in [6.45, 7) is 3.84. The van der Waals surface area contributed by atoms with Crippen molar-refractivity contribution in [1.29, 1.82) is 5.26 Å². The van der Waals surface area contributed by atoms with E-state index in [9.17, 15) is 14.9 Å². The second-order valence-electron chi connectivity index (χ2n) is 6.78. The van der Waals surface area contributed by atoms with Crippen molar-refractivity contribution in [3.63, 3.8) is 0 Å². The number of esters is 1. The molecule has 3 rings (SSSR count). The molecule has 2 aromatic carbocycles. The van der Waals surface area contributed by atoms with Gasteiger partial charge in [0.15, 0.2) is 5.41 Å². The number of hydrogen-bond acceptors (Lipinski definition) is 5. The van der Waals surface area contributed by atoms with Crippen LogP contribution in [0, 0.1) is 29.6 Å². The Hall–Kier alpha value is -3.33. The van der Waals surface area contributed by atoms with Crippen LogP contribution < -0.4 is 10.1 Å². The van der Waals surface area contributed by atoms with Crippen LogP contribution in [0.2, 0.25) is 0 Å². The summed E-state index contributed by atoms with van der Waals surface area (Å²) in [6.07, 6.45) is 0. The fraction of sp³-hybridized carbons (Fsp3) is 0.318. The number of amides is 1. The Bertz CT molecular complexity index is 915. The third kappa shape index (κ3) is 3.31. The highest BCUT2D eigenvalue weighted by atomic mass is 16.5. The van der Waals surface area contributed by atoms with E-state index >= 15 is 0 Å². The Morgan fingerprint density at radius 1 is 1.14 bits per heavy atom. The number of anilines is 1. The largest absolute Gasteiger partial charge is 0.497 e. The number of hydrogen-bond donors (Lipinski definition) is 1. The maximum atomic E-state index is 13.1. The number of aryl methyl sites for hydroxylation is 1. The maximum absolute atomic E-state index is 13.1. The summed E-state index contributed by atoms with van der Waals surface area (Å²) in [6, 6.07) is 16.4. The fourth-order valence-corrected chi connectivity index (χ4v) is 3.55. The van der Waals surface area contributed by atoms with Crippen LogP contribution in [0.3, 0.4) is 0 Å². The zero-order valence-electron chi connectivity index (χ0n) is 16.1. The second kappa shape index (κ2) is 7.73. The van der Waals surface area contributed by atoms with E-state index in [2.05, 4.69) is 11.4 Å². The summed E-state index contributed by atoms with van der Waals surface area (Å²) in [4.78, 5) is 25.6.